The highest BCUT2D eigenvalue weighted by atomic mass is 35.5. The van der Waals surface area contributed by atoms with E-state index in [0.29, 0.717) is 23.1 Å². The minimum atomic E-state index is 0.0125. The Hall–Kier alpha value is -0.770. The molecule has 0 fully saturated rings. The zero-order valence-corrected chi connectivity index (χ0v) is 10.8. The van der Waals surface area contributed by atoms with Crippen LogP contribution in [0.3, 0.4) is 0 Å². The summed E-state index contributed by atoms with van der Waals surface area (Å²) in [5, 5.41) is 3.83. The maximum absolute atomic E-state index is 11.5. The molecule has 0 bridgehead atoms. The number of hydrogen-bond donors (Lipinski definition) is 1. The Kier molecular flexibility index (Phi) is 5.06. The van der Waals surface area contributed by atoms with Crippen LogP contribution in [0.2, 0.25) is 10.0 Å². The first kappa shape index (κ1) is 13.3. The molecule has 0 aromatic heterocycles. The molecule has 0 saturated carbocycles. The number of carbonyl (C=O) groups excluding carboxylic acids is 1. The minimum Gasteiger partial charge on any atom is -0.340 e. The van der Waals surface area contributed by atoms with Gasteiger partial charge in [-0.05, 0) is 18.7 Å². The van der Waals surface area contributed by atoms with Crippen molar-refractivity contribution in [3.05, 3.63) is 33.8 Å². The molecular formula is C11H14Cl2N2O. The first-order valence-corrected chi connectivity index (χ1v) is 5.63. The van der Waals surface area contributed by atoms with Gasteiger partial charge in [-0.2, -0.15) is 0 Å². The number of hydrogen-bond acceptors (Lipinski definition) is 2. The lowest BCUT2D eigenvalue weighted by Crippen LogP contribution is -2.33. The molecule has 1 N–H and O–H groups in total. The number of halogens is 2. The van der Waals surface area contributed by atoms with Crippen molar-refractivity contribution >= 4 is 29.1 Å². The third-order valence-electron chi connectivity index (χ3n) is 2.19. The average molecular weight is 261 g/mol. The van der Waals surface area contributed by atoms with Gasteiger partial charge in [-0.1, -0.05) is 35.3 Å². The third-order valence-corrected chi connectivity index (χ3v) is 3.05. The van der Waals surface area contributed by atoms with E-state index in [-0.39, 0.29) is 5.91 Å². The number of amides is 1. The Labute approximate surface area is 105 Å². The first-order valence-electron chi connectivity index (χ1n) is 4.87. The molecule has 3 nitrogen and oxygen atoms in total. The molecule has 5 heteroatoms. The van der Waals surface area contributed by atoms with Crippen LogP contribution in [0.4, 0.5) is 0 Å². The molecule has 0 spiro atoms. The van der Waals surface area contributed by atoms with E-state index in [9.17, 15) is 4.79 Å². The van der Waals surface area contributed by atoms with Crippen molar-refractivity contribution in [1.29, 1.82) is 0 Å². The second-order valence-corrected chi connectivity index (χ2v) is 4.28. The summed E-state index contributed by atoms with van der Waals surface area (Å²) in [6.45, 7) is 0.772. The maximum atomic E-state index is 11.5. The van der Waals surface area contributed by atoms with Crippen LogP contribution in [0, 0.1) is 0 Å². The number of likely N-dealkylation sites (N-methyl/N-ethyl adjacent to an activating group) is 2. The highest BCUT2D eigenvalue weighted by Gasteiger charge is 2.11. The molecule has 16 heavy (non-hydrogen) atoms. The Balaban J connectivity index is 2.73. The maximum Gasteiger partial charge on any atom is 0.236 e. The van der Waals surface area contributed by atoms with Gasteiger partial charge >= 0.3 is 0 Å². The molecule has 1 aromatic rings. The fourth-order valence-corrected chi connectivity index (χ4v) is 1.68. The molecular weight excluding hydrogens is 247 g/mol. The Morgan fingerprint density at radius 2 is 2.12 bits per heavy atom. The predicted octanol–water partition coefficient (Wildman–Crippen LogP) is 2.17. The summed E-state index contributed by atoms with van der Waals surface area (Å²) in [7, 11) is 3.47. The lowest BCUT2D eigenvalue weighted by atomic mass is 10.2. The van der Waals surface area contributed by atoms with Gasteiger partial charge in [0.15, 0.2) is 0 Å². The molecule has 88 valence electrons. The van der Waals surface area contributed by atoms with Crippen molar-refractivity contribution in [1.82, 2.24) is 10.2 Å². The molecule has 0 saturated heterocycles. The molecule has 0 unspecified atom stereocenters. The average Bonchev–Trinajstić information content (AvgIpc) is 2.25. The van der Waals surface area contributed by atoms with Gasteiger partial charge in [-0.15, -0.1) is 0 Å². The monoisotopic (exact) mass is 260 g/mol. The quantitative estimate of drug-likeness (QED) is 0.900. The third kappa shape index (κ3) is 3.37. The minimum absolute atomic E-state index is 0.0125. The Morgan fingerprint density at radius 3 is 2.75 bits per heavy atom. The van der Waals surface area contributed by atoms with E-state index in [2.05, 4.69) is 5.32 Å². The van der Waals surface area contributed by atoms with E-state index < -0.39 is 0 Å². The molecule has 0 aliphatic carbocycles. The van der Waals surface area contributed by atoms with Crippen LogP contribution < -0.4 is 5.32 Å². The number of nitrogens with zero attached hydrogens (tertiary/aromatic N) is 1. The molecule has 1 amide bonds. The second-order valence-electron chi connectivity index (χ2n) is 3.49. The smallest absolute Gasteiger partial charge is 0.236 e. The van der Waals surface area contributed by atoms with Gasteiger partial charge in [0.1, 0.15) is 0 Å². The SMILES string of the molecule is CNCC(=O)N(C)Cc1cccc(Cl)c1Cl. The summed E-state index contributed by atoms with van der Waals surface area (Å²) < 4.78 is 0. The Morgan fingerprint density at radius 1 is 1.44 bits per heavy atom. The van der Waals surface area contributed by atoms with Crippen LogP contribution in [0.15, 0.2) is 18.2 Å². The van der Waals surface area contributed by atoms with Gasteiger partial charge in [0.2, 0.25) is 5.91 Å². The lowest BCUT2D eigenvalue weighted by molar-refractivity contribution is -0.129. The van der Waals surface area contributed by atoms with Gasteiger partial charge < -0.3 is 10.2 Å². The summed E-state index contributed by atoms with van der Waals surface area (Å²) in [6.07, 6.45) is 0. The van der Waals surface area contributed by atoms with E-state index in [1.54, 1.807) is 25.1 Å². The highest BCUT2D eigenvalue weighted by molar-refractivity contribution is 6.42. The Bertz CT molecular complexity index is 382. The van der Waals surface area contributed by atoms with Crippen LogP contribution in [-0.4, -0.2) is 31.4 Å². The molecule has 0 atom stereocenters. The van der Waals surface area contributed by atoms with Gasteiger partial charge in [0.25, 0.3) is 0 Å². The van der Waals surface area contributed by atoms with Crippen molar-refractivity contribution in [2.75, 3.05) is 20.6 Å². The number of carbonyl (C=O) groups is 1. The van der Waals surface area contributed by atoms with Gasteiger partial charge in [0, 0.05) is 13.6 Å². The normalized spacial score (nSPS) is 10.2. The summed E-state index contributed by atoms with van der Waals surface area (Å²) in [5.74, 6) is 0.0125. The van der Waals surface area contributed by atoms with Crippen molar-refractivity contribution in [2.45, 2.75) is 6.54 Å². The number of rotatable bonds is 4. The lowest BCUT2D eigenvalue weighted by Gasteiger charge is -2.18. The van der Waals surface area contributed by atoms with E-state index >= 15 is 0 Å². The van der Waals surface area contributed by atoms with Gasteiger partial charge in [-0.3, -0.25) is 4.79 Å². The van der Waals surface area contributed by atoms with Crippen LogP contribution in [0.1, 0.15) is 5.56 Å². The van der Waals surface area contributed by atoms with Crippen LogP contribution in [0.25, 0.3) is 0 Å². The molecule has 0 aliphatic heterocycles. The van der Waals surface area contributed by atoms with Crippen molar-refractivity contribution in [3.63, 3.8) is 0 Å². The largest absolute Gasteiger partial charge is 0.340 e. The number of nitrogens with one attached hydrogen (secondary N) is 1. The number of benzene rings is 1. The topological polar surface area (TPSA) is 32.3 Å². The van der Waals surface area contributed by atoms with Gasteiger partial charge in [0.05, 0.1) is 16.6 Å². The van der Waals surface area contributed by atoms with Crippen LogP contribution in [-0.2, 0) is 11.3 Å². The van der Waals surface area contributed by atoms with E-state index in [1.807, 2.05) is 12.1 Å². The molecule has 0 aliphatic rings. The van der Waals surface area contributed by atoms with Crippen molar-refractivity contribution < 1.29 is 4.79 Å². The standard InChI is InChI=1S/C11H14Cl2N2O/c1-14-6-10(16)15(2)7-8-4-3-5-9(12)11(8)13/h3-5,14H,6-7H2,1-2H3. The highest BCUT2D eigenvalue weighted by Crippen LogP contribution is 2.26. The van der Waals surface area contributed by atoms with Crippen LogP contribution in [0.5, 0.6) is 0 Å². The fourth-order valence-electron chi connectivity index (χ4n) is 1.30. The van der Waals surface area contributed by atoms with Crippen LogP contribution >= 0.6 is 23.2 Å². The molecule has 1 rings (SSSR count). The second kappa shape index (κ2) is 6.09. The summed E-state index contributed by atoms with van der Waals surface area (Å²) in [6, 6.07) is 5.40. The van der Waals surface area contributed by atoms with E-state index in [4.69, 9.17) is 23.2 Å². The summed E-state index contributed by atoms with van der Waals surface area (Å²) in [4.78, 5) is 13.1. The first-order chi connectivity index (χ1) is 7.56. The van der Waals surface area contributed by atoms with E-state index in [0.717, 1.165) is 5.56 Å². The predicted molar refractivity (Wildman–Crippen MR) is 66.9 cm³/mol. The zero-order valence-electron chi connectivity index (χ0n) is 9.26. The molecule has 1 aromatic carbocycles. The summed E-state index contributed by atoms with van der Waals surface area (Å²) in [5.41, 5.74) is 0.848. The zero-order chi connectivity index (χ0) is 12.1. The molecule has 0 heterocycles. The van der Waals surface area contributed by atoms with E-state index in [1.165, 1.54) is 0 Å². The fraction of sp³-hybridized carbons (Fsp3) is 0.364. The molecule has 0 radical (unpaired) electrons. The van der Waals surface area contributed by atoms with Crippen molar-refractivity contribution in [2.24, 2.45) is 0 Å². The van der Waals surface area contributed by atoms with Gasteiger partial charge in [-0.25, -0.2) is 0 Å². The summed E-state index contributed by atoms with van der Waals surface area (Å²) >= 11 is 11.9. The van der Waals surface area contributed by atoms with Crippen molar-refractivity contribution in [3.8, 4) is 0 Å².